The molecule has 2 heterocycles. The van der Waals surface area contributed by atoms with Gasteiger partial charge in [-0.05, 0) is 56.8 Å². The van der Waals surface area contributed by atoms with Crippen molar-refractivity contribution < 1.29 is 37.3 Å². The Hall–Kier alpha value is -1.35. The number of hydrogen-bond donors (Lipinski definition) is 1. The molecule has 1 aliphatic carbocycles. The van der Waals surface area contributed by atoms with E-state index < -0.39 is 25.0 Å². The second-order valence-electron chi connectivity index (χ2n) is 9.10. The molecule has 3 fully saturated rings. The van der Waals surface area contributed by atoms with Crippen molar-refractivity contribution in [3.8, 4) is 0 Å². The number of aliphatic hydroxyl groups is 1. The molecule has 1 spiro atoms. The fraction of sp³-hybridized carbons (Fsp3) is 0.905. The molecule has 1 amide bonds. The second-order valence-corrected chi connectivity index (χ2v) is 9.10. The third-order valence-corrected chi connectivity index (χ3v) is 6.75. The molecule has 2 aliphatic heterocycles. The van der Waals surface area contributed by atoms with Gasteiger partial charge in [0.05, 0.1) is 18.8 Å². The number of ketones is 1. The molecule has 172 valence electrons. The van der Waals surface area contributed by atoms with Crippen molar-refractivity contribution in [1.29, 1.82) is 0 Å². The van der Waals surface area contributed by atoms with Crippen molar-refractivity contribution in [2.75, 3.05) is 26.3 Å². The van der Waals surface area contributed by atoms with Gasteiger partial charge in [-0.3, -0.25) is 4.79 Å². The third kappa shape index (κ3) is 5.87. The summed E-state index contributed by atoms with van der Waals surface area (Å²) in [6, 6.07) is 0. The van der Waals surface area contributed by atoms with Gasteiger partial charge in [-0.1, -0.05) is 6.92 Å². The highest BCUT2D eigenvalue weighted by Gasteiger charge is 2.46. The largest absolute Gasteiger partial charge is 0.434 e. The van der Waals surface area contributed by atoms with Crippen LogP contribution in [-0.4, -0.2) is 66.1 Å². The number of piperidine rings is 1. The lowest BCUT2D eigenvalue weighted by atomic mass is 9.80. The van der Waals surface area contributed by atoms with Gasteiger partial charge in [-0.15, -0.1) is 0 Å². The van der Waals surface area contributed by atoms with Gasteiger partial charge in [0.1, 0.15) is 5.78 Å². The summed E-state index contributed by atoms with van der Waals surface area (Å²) < 4.78 is 48.6. The third-order valence-electron chi connectivity index (χ3n) is 6.75. The minimum Gasteiger partial charge on any atom is -0.434 e. The van der Waals surface area contributed by atoms with Crippen molar-refractivity contribution >= 4 is 11.9 Å². The first kappa shape index (κ1) is 23.3. The molecule has 3 atom stereocenters. The van der Waals surface area contributed by atoms with E-state index in [-0.39, 0.29) is 24.6 Å². The number of likely N-dealkylation sites (tertiary alicyclic amines) is 1. The van der Waals surface area contributed by atoms with Crippen molar-refractivity contribution in [1.82, 2.24) is 4.90 Å². The summed E-state index contributed by atoms with van der Waals surface area (Å²) in [7, 11) is 0. The first-order chi connectivity index (χ1) is 14.2. The smallest absolute Gasteiger partial charge is 0.427 e. The van der Waals surface area contributed by atoms with Gasteiger partial charge in [0.25, 0.3) is 0 Å². The maximum atomic E-state index is 12.7. The highest BCUT2D eigenvalue weighted by Crippen LogP contribution is 2.42. The Morgan fingerprint density at radius 1 is 1.23 bits per heavy atom. The molecule has 1 saturated carbocycles. The Morgan fingerprint density at radius 3 is 2.43 bits per heavy atom. The number of carbonyl (C=O) groups excluding carboxylic acids is 2. The summed E-state index contributed by atoms with van der Waals surface area (Å²) in [4.78, 5) is 25.8. The number of rotatable bonds is 8. The van der Waals surface area contributed by atoms with Crippen LogP contribution >= 0.6 is 0 Å². The Morgan fingerprint density at radius 2 is 1.90 bits per heavy atom. The molecule has 6 nitrogen and oxygen atoms in total. The quantitative estimate of drug-likeness (QED) is 0.629. The highest BCUT2D eigenvalue weighted by atomic mass is 19.4. The van der Waals surface area contributed by atoms with E-state index in [1.54, 1.807) is 0 Å². The van der Waals surface area contributed by atoms with E-state index in [0.717, 1.165) is 19.3 Å². The predicted octanol–water partition coefficient (Wildman–Crippen LogP) is 3.70. The van der Waals surface area contributed by atoms with Crippen molar-refractivity contribution in [2.24, 2.45) is 17.8 Å². The molecular weight excluding hydrogens is 403 g/mol. The number of Topliss-reactive ketones (excluding diaryl/α,β-unsaturated/α-hetero) is 1. The Labute approximate surface area is 175 Å². The van der Waals surface area contributed by atoms with Crippen LogP contribution in [0, 0.1) is 17.8 Å². The summed E-state index contributed by atoms with van der Waals surface area (Å²) in [5.74, 6) is 1.31. The van der Waals surface area contributed by atoms with E-state index in [0.29, 0.717) is 43.5 Å². The average Bonchev–Trinajstić information content (AvgIpc) is 3.43. The van der Waals surface area contributed by atoms with Gasteiger partial charge in [0.2, 0.25) is 6.10 Å². The number of nitrogens with zero attached hydrogens (tertiary/aromatic N) is 1. The average molecular weight is 435 g/mol. The lowest BCUT2D eigenvalue weighted by molar-refractivity contribution is -0.215. The molecule has 3 rings (SSSR count). The minimum atomic E-state index is -4.80. The molecule has 0 aromatic rings. The standard InChI is InChI=1S/C21H32F3NO5/c1-2-16(17(27)10-14-3-4-14)9-15-11-20(29-13-15)5-7-25(8-6-20)19(28)30-18(12-26)21(22,23)24/h14-16,18,26H,2-13H2,1H3/t15-,16?,18-/m1/s1. The number of amides is 1. The van der Waals surface area contributed by atoms with Gasteiger partial charge in [0.15, 0.2) is 0 Å². The number of carbonyl (C=O) groups is 2. The number of alkyl halides is 3. The number of hydrogen-bond acceptors (Lipinski definition) is 5. The molecule has 0 aromatic heterocycles. The van der Waals surface area contributed by atoms with Crippen molar-refractivity contribution in [3.05, 3.63) is 0 Å². The van der Waals surface area contributed by atoms with Gasteiger partial charge >= 0.3 is 12.3 Å². The predicted molar refractivity (Wildman–Crippen MR) is 102 cm³/mol. The Bertz CT molecular complexity index is 614. The van der Waals surface area contributed by atoms with Crippen LogP contribution < -0.4 is 0 Å². The fourth-order valence-corrected chi connectivity index (χ4v) is 4.64. The fourth-order valence-electron chi connectivity index (χ4n) is 4.64. The van der Waals surface area contributed by atoms with E-state index in [9.17, 15) is 22.8 Å². The normalized spacial score (nSPS) is 25.9. The lowest BCUT2D eigenvalue weighted by Crippen LogP contribution is -2.49. The maximum absolute atomic E-state index is 12.7. The molecule has 30 heavy (non-hydrogen) atoms. The second kappa shape index (κ2) is 9.42. The SMILES string of the molecule is CCC(C[C@H]1COC2(CCN(C(=O)O[C@H](CO)C(F)(F)F)CC2)C1)C(=O)CC1CC1. The van der Waals surface area contributed by atoms with E-state index in [1.165, 1.54) is 17.7 Å². The first-order valence-corrected chi connectivity index (χ1v) is 11.0. The molecule has 0 radical (unpaired) electrons. The summed E-state index contributed by atoms with van der Waals surface area (Å²) in [6.07, 6.45) is -1.82. The van der Waals surface area contributed by atoms with Crippen LogP contribution in [0.4, 0.5) is 18.0 Å². The van der Waals surface area contributed by atoms with E-state index in [2.05, 4.69) is 4.74 Å². The maximum Gasteiger partial charge on any atom is 0.427 e. The number of halogens is 3. The zero-order valence-corrected chi connectivity index (χ0v) is 17.5. The van der Waals surface area contributed by atoms with Crippen LogP contribution in [-0.2, 0) is 14.3 Å². The zero-order chi connectivity index (χ0) is 21.9. The Balaban J connectivity index is 1.46. The van der Waals surface area contributed by atoms with Crippen LogP contribution in [0.2, 0.25) is 0 Å². The van der Waals surface area contributed by atoms with Gasteiger partial charge in [-0.25, -0.2) is 4.79 Å². The van der Waals surface area contributed by atoms with Crippen LogP contribution in [0.25, 0.3) is 0 Å². The monoisotopic (exact) mass is 435 g/mol. The zero-order valence-electron chi connectivity index (χ0n) is 17.5. The molecule has 1 unspecified atom stereocenters. The summed E-state index contributed by atoms with van der Waals surface area (Å²) in [5.41, 5.74) is -0.375. The van der Waals surface area contributed by atoms with E-state index in [4.69, 9.17) is 9.84 Å². The van der Waals surface area contributed by atoms with Crippen LogP contribution in [0.3, 0.4) is 0 Å². The van der Waals surface area contributed by atoms with Crippen molar-refractivity contribution in [2.45, 2.75) is 76.2 Å². The van der Waals surface area contributed by atoms with Crippen molar-refractivity contribution in [3.63, 3.8) is 0 Å². The van der Waals surface area contributed by atoms with Gasteiger partial charge in [-0.2, -0.15) is 13.2 Å². The van der Waals surface area contributed by atoms with E-state index in [1.807, 2.05) is 6.92 Å². The molecular formula is C21H32F3NO5. The molecule has 2 saturated heterocycles. The summed E-state index contributed by atoms with van der Waals surface area (Å²) in [5, 5.41) is 8.83. The number of aliphatic hydroxyl groups excluding tert-OH is 1. The topological polar surface area (TPSA) is 76.1 Å². The van der Waals surface area contributed by atoms with E-state index >= 15 is 0 Å². The molecule has 0 bridgehead atoms. The molecule has 1 N–H and O–H groups in total. The highest BCUT2D eigenvalue weighted by molar-refractivity contribution is 5.81. The number of ether oxygens (including phenoxy) is 2. The Kier molecular flexibility index (Phi) is 7.32. The first-order valence-electron chi connectivity index (χ1n) is 11.0. The van der Waals surface area contributed by atoms with Crippen LogP contribution in [0.1, 0.15) is 58.3 Å². The lowest BCUT2D eigenvalue weighted by Gasteiger charge is -2.38. The molecule has 0 aromatic carbocycles. The summed E-state index contributed by atoms with van der Waals surface area (Å²) >= 11 is 0. The van der Waals surface area contributed by atoms with Crippen LogP contribution in [0.5, 0.6) is 0 Å². The molecule has 3 aliphatic rings. The summed E-state index contributed by atoms with van der Waals surface area (Å²) in [6.45, 7) is 1.83. The van der Waals surface area contributed by atoms with Gasteiger partial charge in [0, 0.05) is 25.4 Å². The van der Waals surface area contributed by atoms with Gasteiger partial charge < -0.3 is 19.5 Å². The molecule has 9 heteroatoms. The minimum absolute atomic E-state index is 0.0715. The van der Waals surface area contributed by atoms with Crippen LogP contribution in [0.15, 0.2) is 0 Å².